The lowest BCUT2D eigenvalue weighted by Gasteiger charge is -2.11. The Bertz CT molecular complexity index is 1350. The number of aromatic nitrogens is 3. The van der Waals surface area contributed by atoms with Gasteiger partial charge in [0.05, 0.1) is 16.6 Å². The van der Waals surface area contributed by atoms with Crippen LogP contribution < -0.4 is 4.74 Å². The van der Waals surface area contributed by atoms with Crippen LogP contribution in [0.2, 0.25) is 0 Å². The lowest BCUT2D eigenvalue weighted by molar-refractivity contribution is 0.112. The Morgan fingerprint density at radius 3 is 2.06 bits per heavy atom. The summed E-state index contributed by atoms with van der Waals surface area (Å²) in [4.78, 5) is 21.3. The maximum atomic E-state index is 12.4. The van der Waals surface area contributed by atoms with Crippen LogP contribution >= 0.6 is 0 Å². The van der Waals surface area contributed by atoms with Crippen LogP contribution in [-0.2, 0) is 13.2 Å². The first-order valence-electron chi connectivity index (χ1n) is 10.4. The second-order valence-corrected chi connectivity index (χ2v) is 7.47. The van der Waals surface area contributed by atoms with E-state index in [1.165, 1.54) is 6.33 Å². The molecule has 32 heavy (non-hydrogen) atoms. The monoisotopic (exact) mass is 419 g/mol. The molecule has 0 saturated heterocycles. The third kappa shape index (κ3) is 3.76. The van der Waals surface area contributed by atoms with Crippen LogP contribution in [0.4, 0.5) is 0 Å². The summed E-state index contributed by atoms with van der Waals surface area (Å²) in [7, 11) is 0. The molecule has 0 radical (unpaired) electrons. The number of fused-ring (bicyclic) bond motifs is 1. The van der Waals surface area contributed by atoms with E-state index in [2.05, 4.69) is 26.7 Å². The summed E-state index contributed by atoms with van der Waals surface area (Å²) in [5.74, 6) is 0.407. The van der Waals surface area contributed by atoms with Crippen LogP contribution in [0.5, 0.6) is 5.88 Å². The van der Waals surface area contributed by atoms with Crippen LogP contribution in [0.3, 0.4) is 0 Å². The zero-order chi connectivity index (χ0) is 21.8. The van der Waals surface area contributed by atoms with Gasteiger partial charge in [-0.05, 0) is 16.7 Å². The van der Waals surface area contributed by atoms with Crippen molar-refractivity contribution in [1.82, 2.24) is 14.5 Å². The lowest BCUT2D eigenvalue weighted by Crippen LogP contribution is -2.04. The predicted octanol–water partition coefficient (Wildman–Crippen LogP) is 5.54. The Kier molecular flexibility index (Phi) is 5.45. The highest BCUT2D eigenvalue weighted by Crippen LogP contribution is 2.36. The summed E-state index contributed by atoms with van der Waals surface area (Å²) < 4.78 is 8.15. The molecule has 0 N–H and O–H groups in total. The Morgan fingerprint density at radius 2 is 1.41 bits per heavy atom. The summed E-state index contributed by atoms with van der Waals surface area (Å²) in [6.45, 7) is 0.931. The van der Waals surface area contributed by atoms with Crippen molar-refractivity contribution >= 4 is 17.3 Å². The van der Waals surface area contributed by atoms with Gasteiger partial charge in [0.1, 0.15) is 18.6 Å². The van der Waals surface area contributed by atoms with E-state index in [0.29, 0.717) is 35.6 Å². The Morgan fingerprint density at radius 1 is 0.781 bits per heavy atom. The zero-order valence-electron chi connectivity index (χ0n) is 17.4. The molecule has 5 aromatic rings. The van der Waals surface area contributed by atoms with Crippen molar-refractivity contribution in [3.63, 3.8) is 0 Å². The average Bonchev–Trinajstić information content (AvgIpc) is 3.18. The van der Waals surface area contributed by atoms with E-state index < -0.39 is 0 Å². The van der Waals surface area contributed by atoms with E-state index >= 15 is 0 Å². The van der Waals surface area contributed by atoms with Gasteiger partial charge in [0, 0.05) is 6.54 Å². The van der Waals surface area contributed by atoms with Crippen LogP contribution in [0, 0.1) is 0 Å². The second kappa shape index (κ2) is 8.86. The third-order valence-electron chi connectivity index (χ3n) is 5.41. The van der Waals surface area contributed by atoms with Crippen molar-refractivity contribution < 1.29 is 9.53 Å². The fourth-order valence-corrected chi connectivity index (χ4v) is 3.95. The first-order chi connectivity index (χ1) is 15.8. The molecule has 0 fully saturated rings. The predicted molar refractivity (Wildman–Crippen MR) is 125 cm³/mol. The van der Waals surface area contributed by atoms with Crippen LogP contribution in [0.1, 0.15) is 21.5 Å². The smallest absolute Gasteiger partial charge is 0.227 e. The number of hydrogen-bond donors (Lipinski definition) is 0. The molecular formula is C27H21N3O2. The molecule has 0 unspecified atom stereocenters. The number of benzene rings is 3. The van der Waals surface area contributed by atoms with Crippen molar-refractivity contribution in [3.05, 3.63) is 114 Å². The van der Waals surface area contributed by atoms with Gasteiger partial charge in [-0.2, -0.15) is 0 Å². The third-order valence-corrected chi connectivity index (χ3v) is 5.41. The van der Waals surface area contributed by atoms with Gasteiger partial charge in [-0.25, -0.2) is 9.97 Å². The van der Waals surface area contributed by atoms with E-state index in [9.17, 15) is 4.79 Å². The van der Waals surface area contributed by atoms with Gasteiger partial charge >= 0.3 is 0 Å². The Balaban J connectivity index is 1.69. The van der Waals surface area contributed by atoms with Crippen molar-refractivity contribution in [1.29, 1.82) is 0 Å². The van der Waals surface area contributed by atoms with Crippen LogP contribution in [0.15, 0.2) is 97.3 Å². The molecule has 0 aliphatic rings. The van der Waals surface area contributed by atoms with Gasteiger partial charge in [0.25, 0.3) is 0 Å². The molecule has 0 bridgehead atoms. The highest BCUT2D eigenvalue weighted by molar-refractivity contribution is 6.06. The standard InChI is InChI=1S/C27H21N3O2/c31-17-23-24-26(28-19-29-27(24)32-18-21-12-6-2-7-13-21)30(16-20-10-4-1-5-11-20)25(23)22-14-8-3-9-15-22/h1-15,17,19H,16,18H2. The Hall–Kier alpha value is -4.25. The number of rotatable bonds is 7. The molecule has 2 heterocycles. The number of ether oxygens (including phenoxy) is 1. The lowest BCUT2D eigenvalue weighted by atomic mass is 10.1. The molecule has 0 aliphatic heterocycles. The largest absolute Gasteiger partial charge is 0.472 e. The summed E-state index contributed by atoms with van der Waals surface area (Å²) in [5.41, 5.74) is 5.10. The number of hydrogen-bond acceptors (Lipinski definition) is 4. The van der Waals surface area contributed by atoms with Gasteiger partial charge in [-0.1, -0.05) is 91.0 Å². The van der Waals surface area contributed by atoms with E-state index in [0.717, 1.165) is 28.7 Å². The van der Waals surface area contributed by atoms with Crippen molar-refractivity contribution in [2.75, 3.05) is 0 Å². The number of carbonyl (C=O) groups is 1. The molecule has 0 atom stereocenters. The van der Waals surface area contributed by atoms with E-state index in [-0.39, 0.29) is 0 Å². The van der Waals surface area contributed by atoms with Crippen LogP contribution in [-0.4, -0.2) is 20.8 Å². The van der Waals surface area contributed by atoms with Crippen LogP contribution in [0.25, 0.3) is 22.3 Å². The van der Waals surface area contributed by atoms with Gasteiger partial charge in [0.15, 0.2) is 6.29 Å². The molecular weight excluding hydrogens is 398 g/mol. The number of aldehydes is 1. The Labute approximate surface area is 186 Å². The number of nitrogens with zero attached hydrogens (tertiary/aromatic N) is 3. The molecule has 2 aromatic heterocycles. The van der Waals surface area contributed by atoms with Gasteiger partial charge in [-0.3, -0.25) is 4.79 Å². The molecule has 5 rings (SSSR count). The molecule has 5 nitrogen and oxygen atoms in total. The topological polar surface area (TPSA) is 57.0 Å². The molecule has 0 spiro atoms. The average molecular weight is 419 g/mol. The van der Waals surface area contributed by atoms with E-state index in [1.807, 2.05) is 78.9 Å². The fourth-order valence-electron chi connectivity index (χ4n) is 3.95. The van der Waals surface area contributed by atoms with Crippen molar-refractivity contribution in [3.8, 4) is 17.1 Å². The maximum absolute atomic E-state index is 12.4. The first kappa shape index (κ1) is 19.7. The van der Waals surface area contributed by atoms with E-state index in [1.54, 1.807) is 0 Å². The first-order valence-corrected chi connectivity index (χ1v) is 10.4. The minimum atomic E-state index is 0.357. The molecule has 0 amide bonds. The minimum absolute atomic E-state index is 0.357. The van der Waals surface area contributed by atoms with E-state index in [4.69, 9.17) is 4.74 Å². The summed E-state index contributed by atoms with van der Waals surface area (Å²) in [6, 6.07) is 29.9. The quantitative estimate of drug-likeness (QED) is 0.325. The molecule has 0 aliphatic carbocycles. The SMILES string of the molecule is O=Cc1c(-c2ccccc2)n(Cc2ccccc2)c2ncnc(OCc3ccccc3)c12. The summed E-state index contributed by atoms with van der Waals surface area (Å²) in [5, 5.41) is 0.633. The highest BCUT2D eigenvalue weighted by atomic mass is 16.5. The summed E-state index contributed by atoms with van der Waals surface area (Å²) >= 11 is 0. The zero-order valence-corrected chi connectivity index (χ0v) is 17.4. The molecule has 0 saturated carbocycles. The van der Waals surface area contributed by atoms with Crippen molar-refractivity contribution in [2.45, 2.75) is 13.2 Å². The molecule has 5 heteroatoms. The van der Waals surface area contributed by atoms with Gasteiger partial charge in [0.2, 0.25) is 5.88 Å². The second-order valence-electron chi connectivity index (χ2n) is 7.47. The number of carbonyl (C=O) groups excluding carboxylic acids is 1. The summed E-state index contributed by atoms with van der Waals surface area (Å²) in [6.07, 6.45) is 2.37. The molecule has 156 valence electrons. The normalized spacial score (nSPS) is 10.9. The van der Waals surface area contributed by atoms with Crippen molar-refractivity contribution in [2.24, 2.45) is 0 Å². The molecule has 3 aromatic carbocycles. The minimum Gasteiger partial charge on any atom is -0.472 e. The van der Waals surface area contributed by atoms with Gasteiger partial charge in [-0.15, -0.1) is 0 Å². The fraction of sp³-hybridized carbons (Fsp3) is 0.0741. The van der Waals surface area contributed by atoms with Gasteiger partial charge < -0.3 is 9.30 Å². The maximum Gasteiger partial charge on any atom is 0.227 e. The highest BCUT2D eigenvalue weighted by Gasteiger charge is 2.23.